The summed E-state index contributed by atoms with van der Waals surface area (Å²) in [6.07, 6.45) is 1.52. The minimum atomic E-state index is -0.986. The number of carbonyl (C=O) groups is 4. The van der Waals surface area contributed by atoms with Gasteiger partial charge in [0.25, 0.3) is 0 Å². The lowest BCUT2D eigenvalue weighted by Gasteiger charge is -2.13. The van der Waals surface area contributed by atoms with Gasteiger partial charge in [0, 0.05) is 26.7 Å². The third kappa shape index (κ3) is 14.6. The molecular weight excluding hydrogens is 376 g/mol. The first-order valence-electron chi connectivity index (χ1n) is 9.16. The Morgan fingerprint density at radius 1 is 0.571 bits per heavy atom. The Morgan fingerprint density at radius 3 is 1.21 bits per heavy atom. The minimum Gasteiger partial charge on any atom is -0.438 e. The van der Waals surface area contributed by atoms with Crippen LogP contribution in [0.2, 0.25) is 0 Å². The first-order valence-corrected chi connectivity index (χ1v) is 9.16. The van der Waals surface area contributed by atoms with Gasteiger partial charge in [-0.3, -0.25) is 9.59 Å². The van der Waals surface area contributed by atoms with Crippen LogP contribution in [0.3, 0.4) is 0 Å². The highest BCUT2D eigenvalue weighted by molar-refractivity contribution is 5.70. The smallest absolute Gasteiger partial charge is 0.438 e. The molecule has 0 saturated carbocycles. The lowest BCUT2D eigenvalue weighted by Crippen LogP contribution is -2.21. The van der Waals surface area contributed by atoms with E-state index in [9.17, 15) is 19.2 Å². The van der Waals surface area contributed by atoms with Crippen molar-refractivity contribution in [1.29, 1.82) is 0 Å². The molecule has 2 atom stereocenters. The summed E-state index contributed by atoms with van der Waals surface area (Å²) in [6, 6.07) is 0. The highest BCUT2D eigenvalue weighted by Crippen LogP contribution is 2.11. The van der Waals surface area contributed by atoms with Gasteiger partial charge in [0.1, 0.15) is 0 Å². The maximum absolute atomic E-state index is 11.6. The zero-order valence-electron chi connectivity index (χ0n) is 16.9. The average Bonchev–Trinajstić information content (AvgIpc) is 2.63. The van der Waals surface area contributed by atoms with E-state index in [1.54, 1.807) is 0 Å². The van der Waals surface area contributed by atoms with E-state index < -0.39 is 36.8 Å². The van der Waals surface area contributed by atoms with Crippen molar-refractivity contribution in [1.82, 2.24) is 0 Å². The van der Waals surface area contributed by atoms with Crippen LogP contribution in [0.15, 0.2) is 0 Å². The standard InChI is InChI=1S/C18H30O10/c1-13(27-17(21)23-3)25-15(19)11-9-7-5-6-8-10-12-16(20)26-14(2)28-18(22)24-4/h13-14H,5-12H2,1-4H3. The minimum absolute atomic E-state index is 0.235. The van der Waals surface area contributed by atoms with Crippen molar-refractivity contribution in [3.63, 3.8) is 0 Å². The molecule has 0 spiro atoms. The highest BCUT2D eigenvalue weighted by Gasteiger charge is 2.15. The lowest BCUT2D eigenvalue weighted by molar-refractivity contribution is -0.169. The normalized spacial score (nSPS) is 12.3. The lowest BCUT2D eigenvalue weighted by atomic mass is 10.1. The zero-order chi connectivity index (χ0) is 21.4. The van der Waals surface area contributed by atoms with E-state index in [-0.39, 0.29) is 12.8 Å². The van der Waals surface area contributed by atoms with Gasteiger partial charge in [0.2, 0.25) is 12.6 Å². The molecular formula is C18H30O10. The summed E-state index contributed by atoms with van der Waals surface area (Å²) in [5, 5.41) is 0. The molecule has 0 aliphatic carbocycles. The summed E-state index contributed by atoms with van der Waals surface area (Å²) >= 11 is 0. The third-order valence-electron chi connectivity index (χ3n) is 3.46. The van der Waals surface area contributed by atoms with Crippen LogP contribution in [0.5, 0.6) is 0 Å². The molecule has 0 aliphatic heterocycles. The molecule has 0 aromatic heterocycles. The first-order chi connectivity index (χ1) is 13.3. The number of esters is 2. The van der Waals surface area contributed by atoms with Gasteiger partial charge in [0.05, 0.1) is 14.2 Å². The molecule has 0 heterocycles. The Kier molecular flexibility index (Phi) is 14.1. The van der Waals surface area contributed by atoms with Crippen molar-refractivity contribution in [2.24, 2.45) is 0 Å². The van der Waals surface area contributed by atoms with E-state index in [2.05, 4.69) is 18.9 Å². The van der Waals surface area contributed by atoms with Crippen molar-refractivity contribution in [2.75, 3.05) is 14.2 Å². The molecule has 28 heavy (non-hydrogen) atoms. The number of methoxy groups -OCH3 is 2. The van der Waals surface area contributed by atoms with Gasteiger partial charge >= 0.3 is 24.2 Å². The predicted molar refractivity (Wildman–Crippen MR) is 95.0 cm³/mol. The van der Waals surface area contributed by atoms with Crippen molar-refractivity contribution in [3.8, 4) is 0 Å². The second kappa shape index (κ2) is 15.5. The molecule has 2 unspecified atom stereocenters. The Hall–Kier alpha value is -2.52. The Labute approximate surface area is 164 Å². The van der Waals surface area contributed by atoms with Gasteiger partial charge in [0.15, 0.2) is 0 Å². The Bertz CT molecular complexity index is 447. The van der Waals surface area contributed by atoms with Gasteiger partial charge in [-0.1, -0.05) is 25.7 Å². The Morgan fingerprint density at radius 2 is 0.893 bits per heavy atom. The van der Waals surface area contributed by atoms with Crippen molar-refractivity contribution < 1.29 is 47.6 Å². The summed E-state index contributed by atoms with van der Waals surface area (Å²) in [6.45, 7) is 2.87. The number of rotatable bonds is 13. The van der Waals surface area contributed by atoms with Crippen LogP contribution < -0.4 is 0 Å². The van der Waals surface area contributed by atoms with Crippen LogP contribution in [0.25, 0.3) is 0 Å². The van der Waals surface area contributed by atoms with Crippen molar-refractivity contribution in [3.05, 3.63) is 0 Å². The molecule has 162 valence electrons. The highest BCUT2D eigenvalue weighted by atomic mass is 16.8. The topological polar surface area (TPSA) is 124 Å². The number of unbranched alkanes of at least 4 members (excludes halogenated alkanes) is 5. The van der Waals surface area contributed by atoms with E-state index in [0.717, 1.165) is 25.7 Å². The van der Waals surface area contributed by atoms with Crippen LogP contribution in [0, 0.1) is 0 Å². The summed E-state index contributed by atoms with van der Waals surface area (Å²) in [5.41, 5.74) is 0. The van der Waals surface area contributed by atoms with E-state index >= 15 is 0 Å². The molecule has 10 heteroatoms. The average molecular weight is 406 g/mol. The third-order valence-corrected chi connectivity index (χ3v) is 3.46. The largest absolute Gasteiger partial charge is 0.511 e. The second-order valence-electron chi connectivity index (χ2n) is 5.88. The zero-order valence-corrected chi connectivity index (χ0v) is 16.9. The second-order valence-corrected chi connectivity index (χ2v) is 5.88. The molecule has 0 radical (unpaired) electrons. The van der Waals surface area contributed by atoms with Crippen LogP contribution in [-0.2, 0) is 38.0 Å². The number of hydrogen-bond acceptors (Lipinski definition) is 10. The number of carbonyl (C=O) groups excluding carboxylic acids is 4. The van der Waals surface area contributed by atoms with Crippen LogP contribution >= 0.6 is 0 Å². The molecule has 0 rings (SSSR count). The fraction of sp³-hybridized carbons (Fsp3) is 0.778. The fourth-order valence-electron chi connectivity index (χ4n) is 2.15. The Balaban J connectivity index is 3.59. The van der Waals surface area contributed by atoms with Gasteiger partial charge < -0.3 is 28.4 Å². The predicted octanol–water partition coefficient (Wildman–Crippen LogP) is 3.45. The van der Waals surface area contributed by atoms with Crippen LogP contribution in [0.4, 0.5) is 9.59 Å². The molecule has 0 aromatic carbocycles. The number of ether oxygens (including phenoxy) is 6. The van der Waals surface area contributed by atoms with Gasteiger partial charge in [-0.25, -0.2) is 9.59 Å². The summed E-state index contributed by atoms with van der Waals surface area (Å²) in [4.78, 5) is 44.8. The molecule has 0 aromatic rings. The van der Waals surface area contributed by atoms with E-state index in [1.165, 1.54) is 28.1 Å². The molecule has 0 amide bonds. The van der Waals surface area contributed by atoms with Crippen molar-refractivity contribution in [2.45, 2.75) is 77.8 Å². The molecule has 0 aliphatic rings. The quantitative estimate of drug-likeness (QED) is 0.194. The van der Waals surface area contributed by atoms with Gasteiger partial charge in [-0.2, -0.15) is 0 Å². The first kappa shape index (κ1) is 25.5. The van der Waals surface area contributed by atoms with E-state index in [4.69, 9.17) is 9.47 Å². The SMILES string of the molecule is COC(=O)OC(C)OC(=O)CCCCCCCCC(=O)OC(C)OC(=O)OC. The maximum atomic E-state index is 11.6. The maximum Gasteiger partial charge on any atom is 0.511 e. The molecule has 0 fully saturated rings. The molecule has 0 N–H and O–H groups in total. The van der Waals surface area contributed by atoms with E-state index in [0.29, 0.717) is 12.8 Å². The molecule has 0 saturated heterocycles. The van der Waals surface area contributed by atoms with Crippen LogP contribution in [0.1, 0.15) is 65.2 Å². The van der Waals surface area contributed by atoms with Gasteiger partial charge in [-0.15, -0.1) is 0 Å². The summed E-state index contributed by atoms with van der Waals surface area (Å²) in [7, 11) is 2.33. The molecule has 0 bridgehead atoms. The summed E-state index contributed by atoms with van der Waals surface area (Å²) in [5.74, 6) is -0.884. The molecule has 10 nitrogen and oxygen atoms in total. The number of hydrogen-bond donors (Lipinski definition) is 0. The fourth-order valence-corrected chi connectivity index (χ4v) is 2.15. The van der Waals surface area contributed by atoms with Crippen LogP contribution in [-0.4, -0.2) is 51.0 Å². The van der Waals surface area contributed by atoms with E-state index in [1.807, 2.05) is 0 Å². The van der Waals surface area contributed by atoms with Gasteiger partial charge in [-0.05, 0) is 12.8 Å². The van der Waals surface area contributed by atoms with Crippen molar-refractivity contribution >= 4 is 24.2 Å². The summed E-state index contributed by atoms with van der Waals surface area (Å²) < 4.78 is 27.7. The monoisotopic (exact) mass is 406 g/mol.